The van der Waals surface area contributed by atoms with E-state index in [9.17, 15) is 19.7 Å². The largest absolute Gasteiger partial charge is 0.322 e. The number of thiazole rings is 1. The Hall–Kier alpha value is -4.10. The summed E-state index contributed by atoms with van der Waals surface area (Å²) in [5.74, 6) is 0.0448. The molecule has 13 heteroatoms. The molecule has 3 heterocycles. The highest BCUT2D eigenvalue weighted by Crippen LogP contribution is 2.41. The summed E-state index contributed by atoms with van der Waals surface area (Å²) < 4.78 is 1.44. The Bertz CT molecular complexity index is 2140. The molecule has 3 aromatic heterocycles. The van der Waals surface area contributed by atoms with Crippen LogP contribution in [0.5, 0.6) is 0 Å². The molecule has 0 fully saturated rings. The van der Waals surface area contributed by atoms with E-state index in [1.165, 1.54) is 45.4 Å². The zero-order chi connectivity index (χ0) is 29.7. The third kappa shape index (κ3) is 5.42. The number of aromatic nitrogens is 3. The number of aryl methyl sites for hydroxylation is 2. The van der Waals surface area contributed by atoms with Gasteiger partial charge in [-0.15, -0.1) is 22.7 Å². The molecule has 3 aromatic carbocycles. The monoisotopic (exact) mass is 645 g/mol. The second-order valence-electron chi connectivity index (χ2n) is 9.97. The van der Waals surface area contributed by atoms with Gasteiger partial charge in [0.05, 0.1) is 25.4 Å². The lowest BCUT2D eigenvalue weighted by Crippen LogP contribution is -2.11. The number of thiophene rings is 1. The number of benzene rings is 3. The Kier molecular flexibility index (Phi) is 7.21. The fourth-order valence-corrected chi connectivity index (χ4v) is 8.65. The van der Waals surface area contributed by atoms with Crippen LogP contribution in [0, 0.1) is 10.1 Å². The van der Waals surface area contributed by atoms with E-state index in [4.69, 9.17) is 16.6 Å². The minimum Gasteiger partial charge on any atom is -0.322 e. The van der Waals surface area contributed by atoms with E-state index in [1.807, 2.05) is 6.07 Å². The molecule has 2 N–H and O–H groups in total. The van der Waals surface area contributed by atoms with Gasteiger partial charge in [-0.2, -0.15) is 0 Å². The maximum Gasteiger partial charge on any atom is 0.284 e. The summed E-state index contributed by atoms with van der Waals surface area (Å²) in [4.78, 5) is 51.8. The smallest absolute Gasteiger partial charge is 0.284 e. The van der Waals surface area contributed by atoms with Crippen molar-refractivity contribution in [3.63, 3.8) is 0 Å². The minimum absolute atomic E-state index is 0.106. The van der Waals surface area contributed by atoms with E-state index < -0.39 is 4.92 Å². The van der Waals surface area contributed by atoms with Gasteiger partial charge in [0.2, 0.25) is 0 Å². The third-order valence-corrected chi connectivity index (χ3v) is 10.8. The lowest BCUT2D eigenvalue weighted by Gasteiger charge is -2.09. The molecule has 214 valence electrons. The molecule has 0 atom stereocenters. The predicted octanol–water partition coefficient (Wildman–Crippen LogP) is 8.11. The highest BCUT2D eigenvalue weighted by molar-refractivity contribution is 8.01. The zero-order valence-electron chi connectivity index (χ0n) is 22.2. The average molecular weight is 646 g/mol. The van der Waals surface area contributed by atoms with Gasteiger partial charge < -0.3 is 10.3 Å². The molecule has 6 aromatic rings. The second-order valence-corrected chi connectivity index (χ2v) is 13.8. The number of carbonyl (C=O) groups is 1. The number of nitrogens with zero attached hydrogens (tertiary/aromatic N) is 3. The van der Waals surface area contributed by atoms with Gasteiger partial charge in [-0.1, -0.05) is 23.4 Å². The first-order valence-corrected chi connectivity index (χ1v) is 16.1. The number of amides is 1. The van der Waals surface area contributed by atoms with Crippen LogP contribution in [0.3, 0.4) is 0 Å². The fraction of sp³-hybridized carbons (Fsp3) is 0.133. The zero-order valence-corrected chi connectivity index (χ0v) is 25.4. The van der Waals surface area contributed by atoms with Gasteiger partial charge in [-0.25, -0.2) is 9.97 Å². The number of H-pyrrole nitrogens is 1. The molecule has 1 aliphatic rings. The number of fused-ring (bicyclic) bond motifs is 4. The van der Waals surface area contributed by atoms with Gasteiger partial charge in [-0.3, -0.25) is 19.7 Å². The van der Waals surface area contributed by atoms with Gasteiger partial charge in [0, 0.05) is 32.8 Å². The van der Waals surface area contributed by atoms with Crippen molar-refractivity contribution in [2.45, 2.75) is 34.9 Å². The van der Waals surface area contributed by atoms with Crippen LogP contribution in [0.1, 0.15) is 33.6 Å². The van der Waals surface area contributed by atoms with E-state index >= 15 is 0 Å². The Morgan fingerprint density at radius 2 is 1.84 bits per heavy atom. The highest BCUT2D eigenvalue weighted by atomic mass is 35.5. The van der Waals surface area contributed by atoms with Gasteiger partial charge >= 0.3 is 0 Å². The maximum absolute atomic E-state index is 13.0. The number of hydrogen-bond acceptors (Lipinski definition) is 9. The van der Waals surface area contributed by atoms with E-state index in [1.54, 1.807) is 48.5 Å². The van der Waals surface area contributed by atoms with E-state index in [0.717, 1.165) is 35.9 Å². The summed E-state index contributed by atoms with van der Waals surface area (Å²) in [6, 6.07) is 16.8. The van der Waals surface area contributed by atoms with Gasteiger partial charge in [-0.05, 0) is 85.8 Å². The SMILES string of the molecule is O=C(Nc1ccc2nc(Sc3ccc(-c4nc5sc6c(c5c(=O)[nH]4)CCCC6)cc3[N+](=O)[O-])sc2c1)c1ccc(Cl)cc1. The Morgan fingerprint density at radius 3 is 2.65 bits per heavy atom. The number of carbonyl (C=O) groups excluding carboxylic acids is 1. The van der Waals surface area contributed by atoms with E-state index in [2.05, 4.69) is 15.3 Å². The molecule has 0 radical (unpaired) electrons. The molecule has 0 unspecified atom stereocenters. The number of halogens is 1. The number of rotatable bonds is 6. The summed E-state index contributed by atoms with van der Waals surface area (Å²) in [5.41, 5.74) is 3.04. The summed E-state index contributed by atoms with van der Waals surface area (Å²) in [6.07, 6.45) is 3.99. The average Bonchev–Trinajstić information content (AvgIpc) is 3.58. The number of nitro groups is 1. The van der Waals surface area contributed by atoms with E-state index in [-0.39, 0.29) is 17.2 Å². The van der Waals surface area contributed by atoms with Gasteiger partial charge in [0.25, 0.3) is 17.2 Å². The van der Waals surface area contributed by atoms with Crippen molar-refractivity contribution in [3.8, 4) is 11.4 Å². The summed E-state index contributed by atoms with van der Waals surface area (Å²) in [5, 5.41) is 16.2. The van der Waals surface area contributed by atoms with Gasteiger partial charge in [0.15, 0.2) is 4.34 Å². The van der Waals surface area contributed by atoms with Crippen molar-refractivity contribution in [1.29, 1.82) is 0 Å². The first-order chi connectivity index (χ1) is 20.8. The normalized spacial score (nSPS) is 12.9. The topological polar surface area (TPSA) is 131 Å². The summed E-state index contributed by atoms with van der Waals surface area (Å²) in [6.45, 7) is 0. The van der Waals surface area contributed by atoms with Crippen LogP contribution in [0.2, 0.25) is 5.02 Å². The van der Waals surface area contributed by atoms with Crippen LogP contribution in [0.25, 0.3) is 31.8 Å². The summed E-state index contributed by atoms with van der Waals surface area (Å²) in [7, 11) is 0. The molecule has 0 saturated heterocycles. The molecule has 9 nitrogen and oxygen atoms in total. The summed E-state index contributed by atoms with van der Waals surface area (Å²) >= 11 is 10.0. The lowest BCUT2D eigenvalue weighted by atomic mass is 9.97. The molecule has 1 aliphatic carbocycles. The number of nitrogens with one attached hydrogen (secondary N) is 2. The maximum atomic E-state index is 13.0. The number of anilines is 1. The number of aromatic amines is 1. The molecule has 43 heavy (non-hydrogen) atoms. The lowest BCUT2D eigenvalue weighted by molar-refractivity contribution is -0.387. The molecular formula is C30H20ClN5O4S3. The Labute approximate surface area is 261 Å². The van der Waals surface area contributed by atoms with Crippen molar-refractivity contribution in [2.75, 3.05) is 5.32 Å². The van der Waals surface area contributed by atoms with Crippen LogP contribution in [-0.4, -0.2) is 25.8 Å². The van der Waals surface area contributed by atoms with Gasteiger partial charge in [0.1, 0.15) is 10.7 Å². The van der Waals surface area contributed by atoms with Crippen molar-refractivity contribution in [2.24, 2.45) is 0 Å². The highest BCUT2D eigenvalue weighted by Gasteiger charge is 2.22. The van der Waals surface area contributed by atoms with Crippen molar-refractivity contribution >= 4 is 83.8 Å². The van der Waals surface area contributed by atoms with Crippen molar-refractivity contribution in [3.05, 3.63) is 102 Å². The van der Waals surface area contributed by atoms with Crippen LogP contribution >= 0.6 is 46.0 Å². The van der Waals surface area contributed by atoms with E-state index in [0.29, 0.717) is 52.6 Å². The number of nitro benzene ring substituents is 1. The fourth-order valence-electron chi connectivity index (χ4n) is 5.12. The standard InChI is InChI=1S/C30H20ClN5O4S3/c31-17-8-5-15(6-9-17)27(37)32-18-10-11-20-24(14-18)43-30(33-20)42-23-12-7-16(13-21(23)36(39)40)26-34-28(38)25-19-3-1-2-4-22(19)41-29(25)35-26/h5-14H,1-4H2,(H,32,37)(H,34,35,38). The second kappa shape index (κ2) is 11.2. The van der Waals surface area contributed by atoms with Crippen molar-refractivity contribution in [1.82, 2.24) is 15.0 Å². The first kappa shape index (κ1) is 27.7. The Balaban J connectivity index is 1.15. The quantitative estimate of drug-likeness (QED) is 0.138. The molecule has 0 bridgehead atoms. The molecule has 7 rings (SSSR count). The molecule has 0 saturated carbocycles. The molecule has 0 aliphatic heterocycles. The van der Waals surface area contributed by atoms with Crippen molar-refractivity contribution < 1.29 is 9.72 Å². The van der Waals surface area contributed by atoms with Crippen LogP contribution in [0.15, 0.2) is 74.7 Å². The molecular weight excluding hydrogens is 626 g/mol. The first-order valence-electron chi connectivity index (χ1n) is 13.3. The molecule has 1 amide bonds. The minimum atomic E-state index is -0.440. The van der Waals surface area contributed by atoms with Crippen LogP contribution in [-0.2, 0) is 12.8 Å². The van der Waals surface area contributed by atoms with Crippen LogP contribution in [0.4, 0.5) is 11.4 Å². The molecule has 0 spiro atoms. The third-order valence-electron chi connectivity index (χ3n) is 7.18. The van der Waals surface area contributed by atoms with Crippen LogP contribution < -0.4 is 10.9 Å². The number of hydrogen-bond donors (Lipinski definition) is 2. The predicted molar refractivity (Wildman–Crippen MR) is 172 cm³/mol. The Morgan fingerprint density at radius 1 is 1.02 bits per heavy atom.